The van der Waals surface area contributed by atoms with Crippen molar-refractivity contribution in [3.05, 3.63) is 72.1 Å². The number of nitrogens with zero attached hydrogens (tertiary/aromatic N) is 3. The molecule has 0 unspecified atom stereocenters. The Bertz CT molecular complexity index is 1020. The third kappa shape index (κ3) is 3.00. The number of aromatic nitrogens is 1. The molecule has 0 atom stereocenters. The highest BCUT2D eigenvalue weighted by molar-refractivity contribution is 7.89. The van der Waals surface area contributed by atoms with E-state index in [0.29, 0.717) is 0 Å². The summed E-state index contributed by atoms with van der Waals surface area (Å²) in [4.78, 5) is 3.91. The molecule has 0 aliphatic carbocycles. The average molecular weight is 337 g/mol. The van der Waals surface area contributed by atoms with Crippen LogP contribution in [0.5, 0.6) is 0 Å². The van der Waals surface area contributed by atoms with Crippen LogP contribution < -0.4 is 0 Å². The van der Waals surface area contributed by atoms with Crippen LogP contribution >= 0.6 is 0 Å². The third-order valence-corrected chi connectivity index (χ3v) is 5.62. The zero-order valence-corrected chi connectivity index (χ0v) is 13.9. The van der Waals surface area contributed by atoms with Gasteiger partial charge >= 0.3 is 0 Å². The Balaban J connectivity index is 1.92. The van der Waals surface area contributed by atoms with Crippen LogP contribution in [0.3, 0.4) is 0 Å². The summed E-state index contributed by atoms with van der Waals surface area (Å²) in [5, 5.41) is 10.9. The largest absolute Gasteiger partial charge is 0.244 e. The lowest BCUT2D eigenvalue weighted by atomic mass is 10.0. The van der Waals surface area contributed by atoms with Gasteiger partial charge < -0.3 is 0 Å². The first-order chi connectivity index (χ1) is 11.5. The minimum Gasteiger partial charge on any atom is -0.244 e. The molecule has 0 radical (unpaired) electrons. The zero-order chi connectivity index (χ0) is 17.2. The van der Waals surface area contributed by atoms with E-state index in [2.05, 4.69) is 4.98 Å². The maximum Gasteiger partial charge on any atom is 0.244 e. The van der Waals surface area contributed by atoms with E-state index in [1.807, 2.05) is 48.5 Å². The van der Waals surface area contributed by atoms with E-state index in [9.17, 15) is 8.42 Å². The number of benzene rings is 2. The monoisotopic (exact) mass is 337 g/mol. The molecule has 1 heterocycles. The van der Waals surface area contributed by atoms with E-state index >= 15 is 0 Å². The van der Waals surface area contributed by atoms with E-state index in [1.165, 1.54) is 29.7 Å². The Hall–Kier alpha value is -2.75. The Kier molecular flexibility index (Phi) is 4.30. The summed E-state index contributed by atoms with van der Waals surface area (Å²) in [5.41, 5.74) is 1.12. The van der Waals surface area contributed by atoms with Crippen molar-refractivity contribution in [1.82, 2.24) is 9.29 Å². The van der Waals surface area contributed by atoms with Gasteiger partial charge in [0.2, 0.25) is 10.0 Å². The molecule has 120 valence electrons. The molecule has 0 saturated heterocycles. The summed E-state index contributed by atoms with van der Waals surface area (Å²) in [5.74, 6) is 0. The highest BCUT2D eigenvalue weighted by Crippen LogP contribution is 2.22. The van der Waals surface area contributed by atoms with E-state index in [-0.39, 0.29) is 17.1 Å². The van der Waals surface area contributed by atoms with E-state index < -0.39 is 10.0 Å². The van der Waals surface area contributed by atoms with Gasteiger partial charge in [-0.1, -0.05) is 42.5 Å². The number of fused-ring (bicyclic) bond motifs is 1. The van der Waals surface area contributed by atoms with Crippen molar-refractivity contribution >= 4 is 20.8 Å². The molecule has 0 amide bonds. The van der Waals surface area contributed by atoms with Crippen LogP contribution in [-0.2, 0) is 16.6 Å². The van der Waals surface area contributed by atoms with Crippen molar-refractivity contribution in [1.29, 1.82) is 5.26 Å². The molecule has 0 aliphatic heterocycles. The quantitative estimate of drug-likeness (QED) is 0.733. The number of hydrogen-bond acceptors (Lipinski definition) is 4. The molecule has 0 N–H and O–H groups in total. The summed E-state index contributed by atoms with van der Waals surface area (Å²) >= 11 is 0. The number of rotatable bonds is 4. The topological polar surface area (TPSA) is 74.1 Å². The second-order valence-corrected chi connectivity index (χ2v) is 7.44. The van der Waals surface area contributed by atoms with Gasteiger partial charge in [0, 0.05) is 19.8 Å². The fourth-order valence-corrected chi connectivity index (χ4v) is 3.63. The lowest BCUT2D eigenvalue weighted by molar-refractivity contribution is 0.467. The van der Waals surface area contributed by atoms with Gasteiger partial charge in [-0.25, -0.2) is 13.4 Å². The number of hydrogen-bond donors (Lipinski definition) is 0. The maximum atomic E-state index is 12.7. The molecule has 0 saturated carbocycles. The lowest BCUT2D eigenvalue weighted by Gasteiger charge is -2.18. The predicted molar refractivity (Wildman–Crippen MR) is 91.6 cm³/mol. The van der Waals surface area contributed by atoms with Gasteiger partial charge in [-0.3, -0.25) is 0 Å². The van der Waals surface area contributed by atoms with Gasteiger partial charge in [0.15, 0.2) is 0 Å². The average Bonchev–Trinajstić information content (AvgIpc) is 2.62. The summed E-state index contributed by atoms with van der Waals surface area (Å²) in [6.45, 7) is 0.254. The molecule has 0 spiro atoms. The van der Waals surface area contributed by atoms with Crippen molar-refractivity contribution in [3.8, 4) is 6.07 Å². The minimum atomic E-state index is -3.67. The van der Waals surface area contributed by atoms with E-state index in [4.69, 9.17) is 5.26 Å². The van der Waals surface area contributed by atoms with Crippen molar-refractivity contribution in [3.63, 3.8) is 0 Å². The molecule has 6 heteroatoms. The van der Waals surface area contributed by atoms with Crippen LogP contribution in [0.2, 0.25) is 0 Å². The molecule has 0 aliphatic rings. The van der Waals surface area contributed by atoms with Gasteiger partial charge in [-0.15, -0.1) is 0 Å². The van der Waals surface area contributed by atoms with Crippen molar-refractivity contribution in [2.45, 2.75) is 11.4 Å². The molecular weight excluding hydrogens is 322 g/mol. The summed E-state index contributed by atoms with van der Waals surface area (Å²) in [6.07, 6.45) is 1.22. The minimum absolute atomic E-state index is 0.0734. The fourth-order valence-electron chi connectivity index (χ4n) is 2.53. The van der Waals surface area contributed by atoms with Gasteiger partial charge in [0.05, 0.1) is 0 Å². The van der Waals surface area contributed by atoms with Crippen molar-refractivity contribution in [2.24, 2.45) is 0 Å². The summed E-state index contributed by atoms with van der Waals surface area (Å²) in [6, 6.07) is 18.4. The predicted octanol–water partition coefficient (Wildman–Crippen LogP) is 2.93. The fraction of sp³-hybridized carbons (Fsp3) is 0.111. The van der Waals surface area contributed by atoms with Crippen molar-refractivity contribution in [2.75, 3.05) is 7.05 Å². The molecule has 24 heavy (non-hydrogen) atoms. The molecule has 1 aromatic heterocycles. The molecule has 3 aromatic rings. The standard InChI is InChI=1S/C18H15N3O2S/c1-21(24(22,23)17-10-9-16(11-19)20-12-17)13-15-7-4-6-14-5-2-3-8-18(14)15/h2-10,12H,13H2,1H3. The molecule has 2 aromatic carbocycles. The summed E-state index contributed by atoms with van der Waals surface area (Å²) in [7, 11) is -2.13. The SMILES string of the molecule is CN(Cc1cccc2ccccc12)S(=O)(=O)c1ccc(C#N)nc1. The number of pyridine rings is 1. The van der Waals surface area contributed by atoms with Gasteiger partial charge in [-0.2, -0.15) is 9.57 Å². The normalized spacial score (nSPS) is 11.5. The van der Waals surface area contributed by atoms with Crippen LogP contribution in [0, 0.1) is 11.3 Å². The molecular formula is C18H15N3O2S. The van der Waals surface area contributed by atoms with E-state index in [1.54, 1.807) is 0 Å². The first-order valence-electron chi connectivity index (χ1n) is 7.31. The Morgan fingerprint density at radius 1 is 1.08 bits per heavy atom. The third-order valence-electron chi connectivity index (χ3n) is 3.83. The highest BCUT2D eigenvalue weighted by Gasteiger charge is 2.21. The van der Waals surface area contributed by atoms with Crippen LogP contribution in [0.4, 0.5) is 0 Å². The number of nitriles is 1. The van der Waals surface area contributed by atoms with Gasteiger partial charge in [0.25, 0.3) is 0 Å². The van der Waals surface area contributed by atoms with Crippen molar-refractivity contribution < 1.29 is 8.42 Å². The zero-order valence-electron chi connectivity index (χ0n) is 13.0. The smallest absolute Gasteiger partial charge is 0.244 e. The van der Waals surface area contributed by atoms with E-state index in [0.717, 1.165) is 16.3 Å². The van der Waals surface area contributed by atoms with Crippen LogP contribution in [0.15, 0.2) is 65.7 Å². The van der Waals surface area contributed by atoms with Crippen LogP contribution in [-0.4, -0.2) is 24.8 Å². The molecule has 3 rings (SSSR count). The molecule has 5 nitrogen and oxygen atoms in total. The second-order valence-electron chi connectivity index (χ2n) is 5.39. The number of sulfonamides is 1. The first kappa shape index (κ1) is 16.1. The Labute approximate surface area is 140 Å². The van der Waals surface area contributed by atoms with Gasteiger partial charge in [0.1, 0.15) is 16.7 Å². The lowest BCUT2D eigenvalue weighted by Crippen LogP contribution is -2.26. The second kappa shape index (κ2) is 6.40. The molecule has 0 bridgehead atoms. The maximum absolute atomic E-state index is 12.7. The first-order valence-corrected chi connectivity index (χ1v) is 8.75. The Morgan fingerprint density at radius 2 is 1.83 bits per heavy atom. The van der Waals surface area contributed by atoms with Crippen LogP contribution in [0.1, 0.15) is 11.3 Å². The van der Waals surface area contributed by atoms with Crippen LogP contribution in [0.25, 0.3) is 10.8 Å². The van der Waals surface area contributed by atoms with Gasteiger partial charge in [-0.05, 0) is 28.5 Å². The Morgan fingerprint density at radius 3 is 2.54 bits per heavy atom. The molecule has 0 fully saturated rings. The summed E-state index contributed by atoms with van der Waals surface area (Å²) < 4.78 is 26.6. The highest BCUT2D eigenvalue weighted by atomic mass is 32.2.